The summed E-state index contributed by atoms with van der Waals surface area (Å²) in [6, 6.07) is 12.4. The summed E-state index contributed by atoms with van der Waals surface area (Å²) in [5, 5.41) is 8.11. The van der Waals surface area contributed by atoms with E-state index < -0.39 is 0 Å². The average molecular weight is 335 g/mol. The molecule has 128 valence electrons. The second-order valence-electron chi connectivity index (χ2n) is 6.38. The molecule has 2 aromatic heterocycles. The first-order valence-electron chi connectivity index (χ1n) is 8.55. The molecule has 1 aromatic carbocycles. The van der Waals surface area contributed by atoms with E-state index in [2.05, 4.69) is 36.3 Å². The fourth-order valence-electron chi connectivity index (χ4n) is 3.04. The van der Waals surface area contributed by atoms with Crippen molar-refractivity contribution in [2.45, 2.75) is 33.0 Å². The molecule has 3 heterocycles. The number of nitrogens with zero attached hydrogens (tertiary/aromatic N) is 4. The highest BCUT2D eigenvalue weighted by atomic mass is 16.5. The van der Waals surface area contributed by atoms with Gasteiger partial charge in [-0.1, -0.05) is 30.3 Å². The molecule has 0 radical (unpaired) electrons. The Balaban J connectivity index is 1.87. The molecule has 0 unspecified atom stereocenters. The summed E-state index contributed by atoms with van der Waals surface area (Å²) in [5.41, 5.74) is 4.98. The Labute approximate surface area is 146 Å². The predicted octanol–water partition coefficient (Wildman–Crippen LogP) is 3.36. The summed E-state index contributed by atoms with van der Waals surface area (Å²) < 4.78 is 7.72. The molecule has 6 nitrogen and oxygen atoms in total. The molecular formula is C19H21N5O. The van der Waals surface area contributed by atoms with Crippen LogP contribution in [0, 0.1) is 0 Å². The zero-order valence-corrected chi connectivity index (χ0v) is 14.4. The molecule has 1 aliphatic heterocycles. The highest BCUT2D eigenvalue weighted by molar-refractivity contribution is 5.81. The largest absolute Gasteiger partial charge is 0.373 e. The third-order valence-corrected chi connectivity index (χ3v) is 4.12. The smallest absolute Gasteiger partial charge is 0.223 e. The lowest BCUT2D eigenvalue weighted by molar-refractivity contribution is 0.0804. The van der Waals surface area contributed by atoms with Crippen molar-refractivity contribution in [2.75, 3.05) is 11.9 Å². The monoisotopic (exact) mass is 335 g/mol. The standard InChI is InChI=1S/C19H21N5O/c1-13(2)21-19-20-9-8-15(22-19)17-16-12-25-11-10-24(16)23-18(17)14-6-4-3-5-7-14/h3-9,13H,10-12H2,1-2H3,(H,20,21,22). The number of aromatic nitrogens is 4. The molecule has 0 bridgehead atoms. The Hall–Kier alpha value is -2.73. The van der Waals surface area contributed by atoms with Gasteiger partial charge < -0.3 is 10.1 Å². The summed E-state index contributed by atoms with van der Waals surface area (Å²) >= 11 is 0. The lowest BCUT2D eigenvalue weighted by atomic mass is 10.0. The maximum atomic E-state index is 5.68. The number of benzene rings is 1. The van der Waals surface area contributed by atoms with Crippen molar-refractivity contribution in [3.05, 3.63) is 48.3 Å². The molecule has 3 aromatic rings. The van der Waals surface area contributed by atoms with Crippen LogP contribution in [-0.2, 0) is 17.9 Å². The van der Waals surface area contributed by atoms with Gasteiger partial charge in [0.05, 0.1) is 36.7 Å². The summed E-state index contributed by atoms with van der Waals surface area (Å²) in [7, 11) is 0. The highest BCUT2D eigenvalue weighted by Gasteiger charge is 2.24. The van der Waals surface area contributed by atoms with Crippen LogP contribution in [0.3, 0.4) is 0 Å². The minimum Gasteiger partial charge on any atom is -0.373 e. The molecule has 0 aliphatic carbocycles. The first kappa shape index (κ1) is 15.8. The summed E-state index contributed by atoms with van der Waals surface area (Å²) in [6.07, 6.45) is 1.79. The number of anilines is 1. The minimum atomic E-state index is 0.272. The first-order chi connectivity index (χ1) is 12.2. The number of fused-ring (bicyclic) bond motifs is 1. The van der Waals surface area contributed by atoms with E-state index in [1.165, 1.54) is 0 Å². The van der Waals surface area contributed by atoms with Gasteiger partial charge in [0, 0.05) is 17.8 Å². The summed E-state index contributed by atoms with van der Waals surface area (Å²) in [6.45, 7) is 6.14. The van der Waals surface area contributed by atoms with Crippen molar-refractivity contribution in [2.24, 2.45) is 0 Å². The van der Waals surface area contributed by atoms with E-state index in [9.17, 15) is 0 Å². The van der Waals surface area contributed by atoms with E-state index in [0.29, 0.717) is 19.2 Å². The first-order valence-corrected chi connectivity index (χ1v) is 8.55. The van der Waals surface area contributed by atoms with E-state index in [-0.39, 0.29) is 6.04 Å². The average Bonchev–Trinajstić information content (AvgIpc) is 3.02. The van der Waals surface area contributed by atoms with E-state index in [1.54, 1.807) is 6.20 Å². The van der Waals surface area contributed by atoms with Crippen molar-refractivity contribution in [3.8, 4) is 22.5 Å². The maximum absolute atomic E-state index is 5.68. The third kappa shape index (κ3) is 3.13. The number of hydrogen-bond donors (Lipinski definition) is 1. The molecule has 0 spiro atoms. The van der Waals surface area contributed by atoms with Crippen LogP contribution in [0.2, 0.25) is 0 Å². The molecule has 0 amide bonds. The van der Waals surface area contributed by atoms with Crippen molar-refractivity contribution < 1.29 is 4.74 Å². The van der Waals surface area contributed by atoms with Crippen LogP contribution in [0.1, 0.15) is 19.5 Å². The van der Waals surface area contributed by atoms with E-state index >= 15 is 0 Å². The Morgan fingerprint density at radius 2 is 2.00 bits per heavy atom. The lowest BCUT2D eigenvalue weighted by Crippen LogP contribution is -2.17. The van der Waals surface area contributed by atoms with Gasteiger partial charge in [-0.15, -0.1) is 0 Å². The molecular weight excluding hydrogens is 314 g/mol. The predicted molar refractivity (Wildman–Crippen MR) is 97.1 cm³/mol. The van der Waals surface area contributed by atoms with Crippen LogP contribution in [0.15, 0.2) is 42.6 Å². The molecule has 0 saturated heterocycles. The van der Waals surface area contributed by atoms with Crippen molar-refractivity contribution in [1.82, 2.24) is 19.7 Å². The van der Waals surface area contributed by atoms with Crippen LogP contribution in [0.4, 0.5) is 5.95 Å². The molecule has 4 rings (SSSR count). The topological polar surface area (TPSA) is 64.9 Å². The van der Waals surface area contributed by atoms with Crippen LogP contribution < -0.4 is 5.32 Å². The molecule has 0 saturated carbocycles. The van der Waals surface area contributed by atoms with Gasteiger partial charge in [0.15, 0.2) is 0 Å². The number of rotatable bonds is 4. The van der Waals surface area contributed by atoms with Gasteiger partial charge in [-0.3, -0.25) is 4.68 Å². The second-order valence-corrected chi connectivity index (χ2v) is 6.38. The van der Waals surface area contributed by atoms with E-state index in [1.807, 2.05) is 28.9 Å². The molecule has 1 N–H and O–H groups in total. The fourth-order valence-corrected chi connectivity index (χ4v) is 3.04. The van der Waals surface area contributed by atoms with E-state index in [0.717, 1.165) is 34.8 Å². The number of hydrogen-bond acceptors (Lipinski definition) is 5. The third-order valence-electron chi connectivity index (χ3n) is 4.12. The number of ether oxygens (including phenoxy) is 1. The van der Waals surface area contributed by atoms with Crippen LogP contribution in [0.25, 0.3) is 22.5 Å². The van der Waals surface area contributed by atoms with Gasteiger partial charge in [0.1, 0.15) is 5.69 Å². The number of nitrogens with one attached hydrogen (secondary N) is 1. The Morgan fingerprint density at radius 3 is 2.80 bits per heavy atom. The van der Waals surface area contributed by atoms with E-state index in [4.69, 9.17) is 14.8 Å². The van der Waals surface area contributed by atoms with Gasteiger partial charge in [-0.2, -0.15) is 5.10 Å². The van der Waals surface area contributed by atoms with Crippen LogP contribution >= 0.6 is 0 Å². The van der Waals surface area contributed by atoms with Crippen molar-refractivity contribution >= 4 is 5.95 Å². The summed E-state index contributed by atoms with van der Waals surface area (Å²) in [4.78, 5) is 9.04. The minimum absolute atomic E-state index is 0.272. The second kappa shape index (κ2) is 6.64. The quantitative estimate of drug-likeness (QED) is 0.792. The van der Waals surface area contributed by atoms with Gasteiger partial charge in [-0.25, -0.2) is 9.97 Å². The van der Waals surface area contributed by atoms with Gasteiger partial charge in [0.2, 0.25) is 5.95 Å². The van der Waals surface area contributed by atoms with Crippen molar-refractivity contribution in [3.63, 3.8) is 0 Å². The lowest BCUT2D eigenvalue weighted by Gasteiger charge is -2.15. The maximum Gasteiger partial charge on any atom is 0.223 e. The SMILES string of the molecule is CC(C)Nc1nccc(-c2c(-c3ccccc3)nn3c2COCC3)n1. The van der Waals surface area contributed by atoms with Crippen LogP contribution in [0.5, 0.6) is 0 Å². The molecule has 25 heavy (non-hydrogen) atoms. The zero-order chi connectivity index (χ0) is 17.2. The molecule has 6 heteroatoms. The Kier molecular flexibility index (Phi) is 4.19. The Morgan fingerprint density at radius 1 is 1.16 bits per heavy atom. The summed E-state index contributed by atoms with van der Waals surface area (Å²) in [5.74, 6) is 0.628. The fraction of sp³-hybridized carbons (Fsp3) is 0.316. The van der Waals surface area contributed by atoms with Crippen LogP contribution in [-0.4, -0.2) is 32.4 Å². The highest BCUT2D eigenvalue weighted by Crippen LogP contribution is 2.35. The van der Waals surface area contributed by atoms with Gasteiger partial charge in [-0.05, 0) is 19.9 Å². The molecule has 0 fully saturated rings. The molecule has 0 atom stereocenters. The van der Waals surface area contributed by atoms with Gasteiger partial charge >= 0.3 is 0 Å². The van der Waals surface area contributed by atoms with Gasteiger partial charge in [0.25, 0.3) is 0 Å². The Bertz CT molecular complexity index is 873. The molecule has 1 aliphatic rings. The zero-order valence-electron chi connectivity index (χ0n) is 14.4. The van der Waals surface area contributed by atoms with Crippen molar-refractivity contribution in [1.29, 1.82) is 0 Å². The normalized spacial score (nSPS) is 13.7.